The average molecular weight is 246 g/mol. The summed E-state index contributed by atoms with van der Waals surface area (Å²) in [5, 5.41) is 3.72. The minimum absolute atomic E-state index is 0.397. The molecule has 100 valence electrons. The van der Waals surface area contributed by atoms with Gasteiger partial charge < -0.3 is 5.32 Å². The standard InChI is InChI=1S/C16H26N2/c1-6-9-18-13(12-8-7-10-17-11-12)14-15(2,3)16(14,4)5/h7-8,10-11,13-14,18H,6,9H2,1-5H3. The van der Waals surface area contributed by atoms with Crippen LogP contribution in [0.15, 0.2) is 24.5 Å². The van der Waals surface area contributed by atoms with Gasteiger partial charge in [0.25, 0.3) is 0 Å². The van der Waals surface area contributed by atoms with E-state index in [2.05, 4.69) is 51.0 Å². The van der Waals surface area contributed by atoms with Crippen molar-refractivity contribution in [2.24, 2.45) is 16.7 Å². The molecule has 0 aliphatic heterocycles. The Morgan fingerprint density at radius 3 is 2.39 bits per heavy atom. The third-order valence-electron chi connectivity index (χ3n) is 5.12. The monoisotopic (exact) mass is 246 g/mol. The number of pyridine rings is 1. The molecule has 1 saturated carbocycles. The summed E-state index contributed by atoms with van der Waals surface area (Å²) in [5.74, 6) is 0.681. The summed E-state index contributed by atoms with van der Waals surface area (Å²) in [6.45, 7) is 12.8. The molecule has 0 spiro atoms. The van der Waals surface area contributed by atoms with E-state index in [9.17, 15) is 0 Å². The lowest BCUT2D eigenvalue weighted by molar-refractivity contribution is 0.409. The third-order valence-corrected chi connectivity index (χ3v) is 5.12. The van der Waals surface area contributed by atoms with Crippen molar-refractivity contribution in [3.63, 3.8) is 0 Å². The zero-order valence-corrected chi connectivity index (χ0v) is 12.3. The van der Waals surface area contributed by atoms with Crippen molar-refractivity contribution in [1.82, 2.24) is 10.3 Å². The number of aromatic nitrogens is 1. The molecular formula is C16H26N2. The maximum Gasteiger partial charge on any atom is 0.0374 e. The summed E-state index contributed by atoms with van der Waals surface area (Å²) in [5.41, 5.74) is 2.12. The number of nitrogens with one attached hydrogen (secondary N) is 1. The quantitative estimate of drug-likeness (QED) is 0.854. The van der Waals surface area contributed by atoms with Gasteiger partial charge in [-0.3, -0.25) is 4.98 Å². The van der Waals surface area contributed by atoms with Gasteiger partial charge in [-0.1, -0.05) is 40.7 Å². The van der Waals surface area contributed by atoms with Crippen LogP contribution in [0.4, 0.5) is 0 Å². The molecule has 18 heavy (non-hydrogen) atoms. The second-order valence-electron chi connectivity index (χ2n) is 6.64. The minimum atomic E-state index is 0.397. The summed E-state index contributed by atoms with van der Waals surface area (Å²) < 4.78 is 0. The van der Waals surface area contributed by atoms with E-state index in [1.807, 2.05) is 18.5 Å². The van der Waals surface area contributed by atoms with Crippen molar-refractivity contribution in [1.29, 1.82) is 0 Å². The molecule has 1 aromatic rings. The van der Waals surface area contributed by atoms with Gasteiger partial charge in [0.15, 0.2) is 0 Å². The summed E-state index contributed by atoms with van der Waals surface area (Å²) in [6, 6.07) is 4.67. The Hall–Kier alpha value is -0.890. The van der Waals surface area contributed by atoms with E-state index in [0.717, 1.165) is 6.54 Å². The van der Waals surface area contributed by atoms with Gasteiger partial charge >= 0.3 is 0 Å². The topological polar surface area (TPSA) is 24.9 Å². The van der Waals surface area contributed by atoms with E-state index in [0.29, 0.717) is 22.8 Å². The SMILES string of the molecule is CCCNC(c1cccnc1)C1C(C)(C)C1(C)C. The van der Waals surface area contributed by atoms with Crippen LogP contribution in [0.25, 0.3) is 0 Å². The van der Waals surface area contributed by atoms with Gasteiger partial charge in [0.2, 0.25) is 0 Å². The van der Waals surface area contributed by atoms with E-state index in [1.165, 1.54) is 12.0 Å². The first kappa shape index (κ1) is 13.5. The minimum Gasteiger partial charge on any atom is -0.310 e. The van der Waals surface area contributed by atoms with Gasteiger partial charge in [0, 0.05) is 18.4 Å². The van der Waals surface area contributed by atoms with E-state index >= 15 is 0 Å². The van der Waals surface area contributed by atoms with Crippen LogP contribution >= 0.6 is 0 Å². The number of nitrogens with zero attached hydrogens (tertiary/aromatic N) is 1. The fraction of sp³-hybridized carbons (Fsp3) is 0.688. The van der Waals surface area contributed by atoms with Gasteiger partial charge in [-0.05, 0) is 41.3 Å². The van der Waals surface area contributed by atoms with Crippen LogP contribution in [0.3, 0.4) is 0 Å². The molecule has 2 heteroatoms. The van der Waals surface area contributed by atoms with E-state index < -0.39 is 0 Å². The molecule has 0 bridgehead atoms. The number of rotatable bonds is 5. The first-order chi connectivity index (χ1) is 8.43. The summed E-state index contributed by atoms with van der Waals surface area (Å²) >= 11 is 0. The lowest BCUT2D eigenvalue weighted by atomic mass is 9.97. The second kappa shape index (κ2) is 4.65. The molecule has 1 atom stereocenters. The zero-order valence-electron chi connectivity index (χ0n) is 12.3. The molecule has 2 rings (SSSR count). The molecular weight excluding hydrogens is 220 g/mol. The van der Waals surface area contributed by atoms with Crippen LogP contribution in [-0.2, 0) is 0 Å². The molecule has 1 aliphatic carbocycles. The van der Waals surface area contributed by atoms with Crippen molar-refractivity contribution in [3.05, 3.63) is 30.1 Å². The lowest BCUT2D eigenvalue weighted by Crippen LogP contribution is -2.26. The summed E-state index contributed by atoms with van der Waals surface area (Å²) in [4.78, 5) is 4.28. The Labute approximate surface area is 111 Å². The molecule has 0 aromatic carbocycles. The number of hydrogen-bond donors (Lipinski definition) is 1. The van der Waals surface area contributed by atoms with Gasteiger partial charge in [0.05, 0.1) is 0 Å². The molecule has 2 nitrogen and oxygen atoms in total. The highest BCUT2D eigenvalue weighted by Gasteiger charge is 2.67. The summed E-state index contributed by atoms with van der Waals surface area (Å²) in [7, 11) is 0. The van der Waals surface area contributed by atoms with Crippen molar-refractivity contribution in [2.75, 3.05) is 6.54 Å². The van der Waals surface area contributed by atoms with Crippen LogP contribution < -0.4 is 5.32 Å². The highest BCUT2D eigenvalue weighted by atomic mass is 15.0. The van der Waals surface area contributed by atoms with E-state index in [-0.39, 0.29) is 0 Å². The van der Waals surface area contributed by atoms with Crippen LogP contribution in [0.5, 0.6) is 0 Å². The first-order valence-electron chi connectivity index (χ1n) is 7.06. The lowest BCUT2D eigenvalue weighted by Gasteiger charge is -2.21. The summed E-state index contributed by atoms with van der Waals surface area (Å²) in [6.07, 6.45) is 5.03. The molecule has 1 fully saturated rings. The second-order valence-corrected chi connectivity index (χ2v) is 6.64. The predicted octanol–water partition coefficient (Wildman–Crippen LogP) is 3.80. The van der Waals surface area contributed by atoms with Crippen molar-refractivity contribution >= 4 is 0 Å². The molecule has 1 unspecified atom stereocenters. The average Bonchev–Trinajstić information content (AvgIpc) is 2.74. The van der Waals surface area contributed by atoms with Crippen LogP contribution in [0.1, 0.15) is 52.6 Å². The Morgan fingerprint density at radius 1 is 1.28 bits per heavy atom. The van der Waals surface area contributed by atoms with Crippen molar-refractivity contribution in [2.45, 2.75) is 47.1 Å². The van der Waals surface area contributed by atoms with Crippen LogP contribution in [0, 0.1) is 16.7 Å². The Balaban J connectivity index is 2.23. The number of hydrogen-bond acceptors (Lipinski definition) is 2. The maximum absolute atomic E-state index is 4.28. The van der Waals surface area contributed by atoms with E-state index in [4.69, 9.17) is 0 Å². The molecule has 1 aromatic heterocycles. The molecule has 0 radical (unpaired) electrons. The molecule has 1 heterocycles. The fourth-order valence-electron chi connectivity index (χ4n) is 3.37. The fourth-order valence-corrected chi connectivity index (χ4v) is 3.37. The highest BCUT2D eigenvalue weighted by molar-refractivity contribution is 5.25. The van der Waals surface area contributed by atoms with Gasteiger partial charge in [-0.25, -0.2) is 0 Å². The van der Waals surface area contributed by atoms with Crippen LogP contribution in [-0.4, -0.2) is 11.5 Å². The van der Waals surface area contributed by atoms with Gasteiger partial charge in [-0.2, -0.15) is 0 Å². The molecule has 1 aliphatic rings. The largest absolute Gasteiger partial charge is 0.310 e. The Bertz CT molecular complexity index is 381. The maximum atomic E-state index is 4.28. The smallest absolute Gasteiger partial charge is 0.0374 e. The Kier molecular flexibility index (Phi) is 3.50. The zero-order chi connectivity index (χ0) is 13.4. The van der Waals surface area contributed by atoms with Crippen molar-refractivity contribution < 1.29 is 0 Å². The Morgan fingerprint density at radius 2 is 1.94 bits per heavy atom. The van der Waals surface area contributed by atoms with Gasteiger partial charge in [-0.15, -0.1) is 0 Å². The molecule has 0 saturated heterocycles. The highest BCUT2D eigenvalue weighted by Crippen LogP contribution is 2.72. The molecule has 1 N–H and O–H groups in total. The normalized spacial score (nSPS) is 22.7. The van der Waals surface area contributed by atoms with E-state index in [1.54, 1.807) is 0 Å². The van der Waals surface area contributed by atoms with Gasteiger partial charge in [0.1, 0.15) is 0 Å². The molecule has 0 amide bonds. The van der Waals surface area contributed by atoms with Crippen LogP contribution in [0.2, 0.25) is 0 Å². The third kappa shape index (κ3) is 2.07. The van der Waals surface area contributed by atoms with Crippen molar-refractivity contribution in [3.8, 4) is 0 Å². The first-order valence-corrected chi connectivity index (χ1v) is 7.06. The predicted molar refractivity (Wildman–Crippen MR) is 76.3 cm³/mol.